The maximum atomic E-state index is 14.5. The van der Waals surface area contributed by atoms with Crippen LogP contribution in [0.2, 0.25) is 0 Å². The fourth-order valence-electron chi connectivity index (χ4n) is 5.76. The Labute approximate surface area is 251 Å². The van der Waals surface area contributed by atoms with E-state index in [-0.39, 0.29) is 5.41 Å². The summed E-state index contributed by atoms with van der Waals surface area (Å²) >= 11 is 0. The second kappa shape index (κ2) is 11.5. The topological polar surface area (TPSA) is 101 Å². The van der Waals surface area contributed by atoms with Crippen molar-refractivity contribution in [3.63, 3.8) is 0 Å². The number of nitrogens with one attached hydrogen (secondary N) is 1. The number of amides is 2. The summed E-state index contributed by atoms with van der Waals surface area (Å²) in [4.78, 5) is 34.7. The van der Waals surface area contributed by atoms with Gasteiger partial charge in [0.25, 0.3) is 5.91 Å². The molecule has 1 aliphatic carbocycles. The Balaban J connectivity index is 1.45. The molecule has 4 aromatic rings. The van der Waals surface area contributed by atoms with E-state index in [0.717, 1.165) is 16.7 Å². The number of hydrogen-bond donors (Lipinski definition) is 2. The average molecular weight is 578 g/mol. The van der Waals surface area contributed by atoms with E-state index in [2.05, 4.69) is 31.1 Å². The third kappa shape index (κ3) is 5.70. The maximum absolute atomic E-state index is 14.5. The van der Waals surface area contributed by atoms with Crippen molar-refractivity contribution < 1.29 is 24.2 Å². The highest BCUT2D eigenvalue weighted by Crippen LogP contribution is 2.37. The maximum Gasteiger partial charge on any atom is 0.259 e. The molecule has 6 rings (SSSR count). The standard InChI is InChI=1S/C35H35N3O5/c1-35(2,3)25-11-13-26(14-12-25)38(34(41)23-10-15-29-30(20-23)43-18-17-42-29)32(24-8-6-16-36-21-24)33(40)37-31-27-9-5-4-7-22(27)19-28(31)39/h4-16,20-21,28,31-32,39H,17-19H2,1-3H3,(H,37,40)/t28-,31-,32?/m1/s1. The highest BCUT2D eigenvalue weighted by molar-refractivity contribution is 6.10. The fourth-order valence-corrected chi connectivity index (χ4v) is 5.76. The first-order valence-corrected chi connectivity index (χ1v) is 14.5. The zero-order valence-electron chi connectivity index (χ0n) is 24.5. The van der Waals surface area contributed by atoms with Crippen LogP contribution in [-0.2, 0) is 16.6 Å². The molecular formula is C35H35N3O5. The van der Waals surface area contributed by atoms with Crippen LogP contribution >= 0.6 is 0 Å². The predicted molar refractivity (Wildman–Crippen MR) is 163 cm³/mol. The molecule has 0 radical (unpaired) electrons. The normalized spacial score (nSPS) is 18.0. The van der Waals surface area contributed by atoms with Crippen molar-refractivity contribution in [1.29, 1.82) is 0 Å². The lowest BCUT2D eigenvalue weighted by Gasteiger charge is -2.33. The Morgan fingerprint density at radius 3 is 2.42 bits per heavy atom. The van der Waals surface area contributed by atoms with Gasteiger partial charge in [-0.05, 0) is 58.5 Å². The second-order valence-corrected chi connectivity index (χ2v) is 12.0. The summed E-state index contributed by atoms with van der Waals surface area (Å²) in [6.45, 7) is 7.19. The van der Waals surface area contributed by atoms with Crippen molar-refractivity contribution in [2.45, 2.75) is 50.8 Å². The van der Waals surface area contributed by atoms with Crippen LogP contribution in [0.15, 0.2) is 91.3 Å². The number of nitrogens with zero attached hydrogens (tertiary/aromatic N) is 2. The Bertz CT molecular complexity index is 1630. The summed E-state index contributed by atoms with van der Waals surface area (Å²) < 4.78 is 11.4. The third-order valence-electron chi connectivity index (χ3n) is 8.03. The van der Waals surface area contributed by atoms with Gasteiger partial charge in [0.15, 0.2) is 11.5 Å². The predicted octanol–water partition coefficient (Wildman–Crippen LogP) is 5.31. The van der Waals surface area contributed by atoms with Crippen molar-refractivity contribution in [2.24, 2.45) is 0 Å². The lowest BCUT2D eigenvalue weighted by molar-refractivity contribution is -0.124. The van der Waals surface area contributed by atoms with Crippen molar-refractivity contribution in [1.82, 2.24) is 10.3 Å². The summed E-state index contributed by atoms with van der Waals surface area (Å²) in [7, 11) is 0. The summed E-state index contributed by atoms with van der Waals surface area (Å²) in [5, 5.41) is 14.0. The number of carbonyl (C=O) groups excluding carboxylic acids is 2. The van der Waals surface area contributed by atoms with Crippen LogP contribution in [0.5, 0.6) is 11.5 Å². The summed E-state index contributed by atoms with van der Waals surface area (Å²) in [6, 6.07) is 22.3. The molecule has 0 bridgehead atoms. The van der Waals surface area contributed by atoms with Crippen LogP contribution in [0.1, 0.15) is 65.5 Å². The Morgan fingerprint density at radius 1 is 0.953 bits per heavy atom. The van der Waals surface area contributed by atoms with Gasteiger partial charge in [-0.1, -0.05) is 63.2 Å². The van der Waals surface area contributed by atoms with E-state index in [1.807, 2.05) is 48.5 Å². The minimum absolute atomic E-state index is 0.102. The molecule has 0 saturated carbocycles. The van der Waals surface area contributed by atoms with Gasteiger partial charge in [-0.15, -0.1) is 0 Å². The zero-order valence-corrected chi connectivity index (χ0v) is 24.5. The van der Waals surface area contributed by atoms with E-state index in [1.54, 1.807) is 42.7 Å². The molecule has 2 N–H and O–H groups in total. The monoisotopic (exact) mass is 577 g/mol. The number of rotatable bonds is 6. The molecule has 0 spiro atoms. The summed E-state index contributed by atoms with van der Waals surface area (Å²) in [6.07, 6.45) is 2.87. The number of hydrogen-bond acceptors (Lipinski definition) is 6. The first-order valence-electron chi connectivity index (χ1n) is 14.5. The lowest BCUT2D eigenvalue weighted by atomic mass is 9.87. The van der Waals surface area contributed by atoms with Gasteiger partial charge >= 0.3 is 0 Å². The average Bonchev–Trinajstić information content (AvgIpc) is 3.33. The quantitative estimate of drug-likeness (QED) is 0.322. The Kier molecular flexibility index (Phi) is 7.62. The molecule has 220 valence electrons. The van der Waals surface area contributed by atoms with Gasteiger partial charge in [-0.2, -0.15) is 0 Å². The molecule has 2 heterocycles. The third-order valence-corrected chi connectivity index (χ3v) is 8.03. The number of aliphatic hydroxyl groups excluding tert-OH is 1. The van der Waals surface area contributed by atoms with E-state index >= 15 is 0 Å². The first kappa shape index (κ1) is 28.4. The molecule has 1 unspecified atom stereocenters. The largest absolute Gasteiger partial charge is 0.486 e. The molecule has 0 fully saturated rings. The van der Waals surface area contributed by atoms with Gasteiger partial charge in [0.2, 0.25) is 5.91 Å². The SMILES string of the molecule is CC(C)(C)c1ccc(N(C(=O)c2ccc3c(c2)OCCO3)C(C(=O)N[C@@H]2c3ccccc3C[C@H]2O)c2cccnc2)cc1. The number of fused-ring (bicyclic) bond motifs is 2. The van der Waals surface area contributed by atoms with Crippen LogP contribution in [0, 0.1) is 0 Å². The van der Waals surface area contributed by atoms with Crippen molar-refractivity contribution in [3.8, 4) is 11.5 Å². The number of aliphatic hydroxyl groups is 1. The molecule has 2 aliphatic rings. The second-order valence-electron chi connectivity index (χ2n) is 12.0. The summed E-state index contributed by atoms with van der Waals surface area (Å²) in [5.74, 6) is 0.226. The van der Waals surface area contributed by atoms with E-state index in [9.17, 15) is 14.7 Å². The molecule has 8 nitrogen and oxygen atoms in total. The zero-order chi connectivity index (χ0) is 30.1. The van der Waals surface area contributed by atoms with Crippen molar-refractivity contribution in [3.05, 3.63) is 119 Å². The van der Waals surface area contributed by atoms with Crippen molar-refractivity contribution in [2.75, 3.05) is 18.1 Å². The molecule has 43 heavy (non-hydrogen) atoms. The molecule has 3 atom stereocenters. The van der Waals surface area contributed by atoms with Crippen LogP contribution in [0.3, 0.4) is 0 Å². The smallest absolute Gasteiger partial charge is 0.259 e. The van der Waals surface area contributed by atoms with Gasteiger partial charge in [0.1, 0.15) is 19.3 Å². The van der Waals surface area contributed by atoms with Gasteiger partial charge in [-0.25, -0.2) is 0 Å². The Hall–Kier alpha value is -4.69. The molecule has 3 aromatic carbocycles. The highest BCUT2D eigenvalue weighted by atomic mass is 16.6. The van der Waals surface area contributed by atoms with Gasteiger partial charge in [-0.3, -0.25) is 19.5 Å². The molecule has 1 aromatic heterocycles. The molecule has 0 saturated heterocycles. The van der Waals surface area contributed by atoms with Gasteiger partial charge in [0, 0.05) is 35.6 Å². The number of ether oxygens (including phenoxy) is 2. The number of pyridine rings is 1. The molecular weight excluding hydrogens is 542 g/mol. The number of aromatic nitrogens is 1. The Morgan fingerprint density at radius 2 is 1.70 bits per heavy atom. The van der Waals surface area contributed by atoms with E-state index < -0.39 is 30.0 Å². The highest BCUT2D eigenvalue weighted by Gasteiger charge is 2.38. The molecule has 1 aliphatic heterocycles. The van der Waals surface area contributed by atoms with Crippen LogP contribution < -0.4 is 19.7 Å². The molecule has 2 amide bonds. The number of carbonyl (C=O) groups is 2. The minimum atomic E-state index is -1.09. The lowest BCUT2D eigenvalue weighted by Crippen LogP contribution is -2.46. The number of benzene rings is 3. The summed E-state index contributed by atoms with van der Waals surface area (Å²) in [5.41, 5.74) is 4.27. The fraction of sp³-hybridized carbons (Fsp3) is 0.286. The number of anilines is 1. The first-order chi connectivity index (χ1) is 20.7. The van der Waals surface area contributed by atoms with E-state index in [1.165, 1.54) is 4.90 Å². The van der Waals surface area contributed by atoms with Crippen LogP contribution in [0.25, 0.3) is 0 Å². The van der Waals surface area contributed by atoms with Crippen molar-refractivity contribution >= 4 is 17.5 Å². The van der Waals surface area contributed by atoms with Crippen LogP contribution in [-0.4, -0.2) is 41.2 Å². The van der Waals surface area contributed by atoms with E-state index in [0.29, 0.717) is 47.9 Å². The van der Waals surface area contributed by atoms with Crippen LogP contribution in [0.4, 0.5) is 5.69 Å². The van der Waals surface area contributed by atoms with Gasteiger partial charge < -0.3 is 19.9 Å². The van der Waals surface area contributed by atoms with Gasteiger partial charge in [0.05, 0.1) is 12.1 Å². The molecule has 8 heteroatoms. The minimum Gasteiger partial charge on any atom is -0.486 e. The van der Waals surface area contributed by atoms with E-state index in [4.69, 9.17) is 9.47 Å².